The summed E-state index contributed by atoms with van der Waals surface area (Å²) in [6.07, 6.45) is 1.41. The average Bonchev–Trinajstić information content (AvgIpc) is 2.19. The van der Waals surface area contributed by atoms with Gasteiger partial charge in [-0.05, 0) is 13.8 Å². The van der Waals surface area contributed by atoms with E-state index in [0.717, 1.165) is 12.1 Å². The van der Waals surface area contributed by atoms with Crippen molar-refractivity contribution in [1.82, 2.24) is 9.97 Å². The van der Waals surface area contributed by atoms with E-state index in [9.17, 15) is 0 Å². The molecule has 0 unspecified atom stereocenters. The number of likely N-dealkylation sites (N-methyl/N-ethyl adjacent to an activating group) is 1. The summed E-state index contributed by atoms with van der Waals surface area (Å²) in [5.74, 6) is 0.969. The molecule has 0 saturated heterocycles. The summed E-state index contributed by atoms with van der Waals surface area (Å²) in [6, 6.07) is 0. The first kappa shape index (κ1) is 11.8. The number of hydrogen-bond donors (Lipinski definition) is 1. The second-order valence-electron chi connectivity index (χ2n) is 3.37. The summed E-state index contributed by atoms with van der Waals surface area (Å²) in [7, 11) is 0. The van der Waals surface area contributed by atoms with E-state index in [-0.39, 0.29) is 0 Å². The van der Waals surface area contributed by atoms with Crippen molar-refractivity contribution in [2.75, 3.05) is 23.7 Å². The molecule has 0 aromatic carbocycles. The zero-order valence-electron chi connectivity index (χ0n) is 9.00. The van der Waals surface area contributed by atoms with Gasteiger partial charge < -0.3 is 10.6 Å². The zero-order valence-corrected chi connectivity index (χ0v) is 9.75. The van der Waals surface area contributed by atoms with Crippen LogP contribution in [-0.4, -0.2) is 23.1 Å². The summed E-state index contributed by atoms with van der Waals surface area (Å²) < 4.78 is 0. The van der Waals surface area contributed by atoms with E-state index >= 15 is 0 Å². The lowest BCUT2D eigenvalue weighted by atomic mass is 10.3. The zero-order chi connectivity index (χ0) is 11.4. The lowest BCUT2D eigenvalue weighted by Gasteiger charge is -2.22. The monoisotopic (exact) mass is 226 g/mol. The minimum absolute atomic E-state index is 0.307. The minimum Gasteiger partial charge on any atom is -0.382 e. The van der Waals surface area contributed by atoms with Crippen molar-refractivity contribution in [2.24, 2.45) is 0 Å². The number of aromatic nitrogens is 2. The number of rotatable bonds is 4. The van der Waals surface area contributed by atoms with E-state index < -0.39 is 0 Å². The summed E-state index contributed by atoms with van der Waals surface area (Å²) in [4.78, 5) is 9.95. The van der Waals surface area contributed by atoms with Crippen LogP contribution in [-0.2, 0) is 0 Å². The van der Waals surface area contributed by atoms with Gasteiger partial charge in [-0.15, -0.1) is 0 Å². The highest BCUT2D eigenvalue weighted by Crippen LogP contribution is 2.26. The molecule has 1 aromatic heterocycles. The summed E-state index contributed by atoms with van der Waals surface area (Å²) >= 11 is 6.03. The third kappa shape index (κ3) is 2.83. The molecule has 1 heterocycles. The normalized spacial score (nSPS) is 10.1. The molecule has 0 aliphatic carbocycles. The van der Waals surface area contributed by atoms with Crippen molar-refractivity contribution in [3.63, 3.8) is 0 Å². The van der Waals surface area contributed by atoms with Gasteiger partial charge in [0.05, 0.1) is 0 Å². The van der Waals surface area contributed by atoms with Gasteiger partial charge in [0, 0.05) is 13.1 Å². The van der Waals surface area contributed by atoms with Gasteiger partial charge in [0.1, 0.15) is 17.2 Å². The number of halogens is 1. The van der Waals surface area contributed by atoms with E-state index in [1.807, 2.05) is 18.7 Å². The van der Waals surface area contributed by atoms with Gasteiger partial charge in [-0.1, -0.05) is 23.8 Å². The van der Waals surface area contributed by atoms with E-state index in [0.29, 0.717) is 23.2 Å². The second kappa shape index (κ2) is 4.98. The Bertz CT molecular complexity index is 364. The Morgan fingerprint density at radius 1 is 1.60 bits per heavy atom. The fourth-order valence-electron chi connectivity index (χ4n) is 1.26. The van der Waals surface area contributed by atoms with Crippen LogP contribution in [0.5, 0.6) is 0 Å². The Kier molecular flexibility index (Phi) is 3.91. The smallest absolute Gasteiger partial charge is 0.153 e. The molecular weight excluding hydrogens is 212 g/mol. The van der Waals surface area contributed by atoms with E-state index in [1.165, 1.54) is 6.33 Å². The second-order valence-corrected chi connectivity index (χ2v) is 3.75. The van der Waals surface area contributed by atoms with E-state index in [1.54, 1.807) is 0 Å². The quantitative estimate of drug-likeness (QED) is 0.799. The molecule has 15 heavy (non-hydrogen) atoms. The molecule has 0 fully saturated rings. The fraction of sp³-hybridized carbons (Fsp3) is 0.400. The third-order valence-corrected chi connectivity index (χ3v) is 2.30. The van der Waals surface area contributed by atoms with Crippen LogP contribution >= 0.6 is 11.6 Å². The molecule has 0 spiro atoms. The molecule has 0 aliphatic rings. The minimum atomic E-state index is 0.307. The molecule has 5 heteroatoms. The summed E-state index contributed by atoms with van der Waals surface area (Å²) in [5, 5.41) is 0.403. The van der Waals surface area contributed by atoms with Gasteiger partial charge in [-0.2, -0.15) is 0 Å². The van der Waals surface area contributed by atoms with Crippen LogP contribution < -0.4 is 10.6 Å². The van der Waals surface area contributed by atoms with Crippen LogP contribution in [0.2, 0.25) is 5.02 Å². The number of nitrogens with two attached hydrogens (primary N) is 1. The largest absolute Gasteiger partial charge is 0.382 e. The fourth-order valence-corrected chi connectivity index (χ4v) is 1.47. The molecule has 1 rings (SSSR count). The van der Waals surface area contributed by atoms with Gasteiger partial charge in [-0.25, -0.2) is 9.97 Å². The Morgan fingerprint density at radius 3 is 2.80 bits per heavy atom. The van der Waals surface area contributed by atoms with Crippen LogP contribution in [0.4, 0.5) is 11.6 Å². The highest BCUT2D eigenvalue weighted by atomic mass is 35.5. The maximum absolute atomic E-state index is 6.03. The van der Waals surface area contributed by atoms with E-state index in [2.05, 4.69) is 16.5 Å². The lowest BCUT2D eigenvalue weighted by Crippen LogP contribution is -2.26. The molecule has 0 radical (unpaired) electrons. The standard InChI is InChI=1S/C10H15ClN4/c1-4-15(5-7(2)3)10-8(11)9(12)13-6-14-10/h6H,2,4-5H2,1,3H3,(H2,12,13,14). The number of hydrogen-bond acceptors (Lipinski definition) is 4. The maximum Gasteiger partial charge on any atom is 0.153 e. The lowest BCUT2D eigenvalue weighted by molar-refractivity contribution is 0.855. The molecular formula is C10H15ClN4. The molecule has 0 aliphatic heterocycles. The Labute approximate surface area is 94.8 Å². The van der Waals surface area contributed by atoms with Crippen molar-refractivity contribution in [1.29, 1.82) is 0 Å². The molecule has 4 nitrogen and oxygen atoms in total. The first-order valence-electron chi connectivity index (χ1n) is 4.71. The van der Waals surface area contributed by atoms with E-state index in [4.69, 9.17) is 17.3 Å². The number of nitrogens with zero attached hydrogens (tertiary/aromatic N) is 3. The van der Waals surface area contributed by atoms with Crippen molar-refractivity contribution in [3.05, 3.63) is 23.5 Å². The molecule has 1 aromatic rings. The van der Waals surface area contributed by atoms with Crippen LogP contribution in [0.3, 0.4) is 0 Å². The van der Waals surface area contributed by atoms with Crippen molar-refractivity contribution >= 4 is 23.2 Å². The van der Waals surface area contributed by atoms with Gasteiger partial charge in [0.2, 0.25) is 0 Å². The van der Waals surface area contributed by atoms with Crippen LogP contribution in [0.1, 0.15) is 13.8 Å². The number of anilines is 2. The van der Waals surface area contributed by atoms with Crippen molar-refractivity contribution < 1.29 is 0 Å². The predicted molar refractivity (Wildman–Crippen MR) is 64.2 cm³/mol. The van der Waals surface area contributed by atoms with Gasteiger partial charge >= 0.3 is 0 Å². The molecule has 0 atom stereocenters. The Balaban J connectivity index is 3.01. The third-order valence-electron chi connectivity index (χ3n) is 1.94. The Hall–Kier alpha value is -1.29. The van der Waals surface area contributed by atoms with Gasteiger partial charge in [-0.3, -0.25) is 0 Å². The highest BCUT2D eigenvalue weighted by Gasteiger charge is 2.12. The van der Waals surface area contributed by atoms with Crippen molar-refractivity contribution in [2.45, 2.75) is 13.8 Å². The molecule has 0 amide bonds. The molecule has 0 saturated carbocycles. The Morgan fingerprint density at radius 2 is 2.27 bits per heavy atom. The van der Waals surface area contributed by atoms with Crippen molar-refractivity contribution in [3.8, 4) is 0 Å². The molecule has 82 valence electrons. The van der Waals surface area contributed by atoms with Crippen LogP contribution in [0.15, 0.2) is 18.5 Å². The predicted octanol–water partition coefficient (Wildman–Crippen LogP) is 2.11. The summed E-state index contributed by atoms with van der Waals surface area (Å²) in [6.45, 7) is 9.36. The van der Waals surface area contributed by atoms with Gasteiger partial charge in [0.15, 0.2) is 5.82 Å². The molecule has 0 bridgehead atoms. The molecule has 2 N–H and O–H groups in total. The van der Waals surface area contributed by atoms with Crippen LogP contribution in [0, 0.1) is 0 Å². The van der Waals surface area contributed by atoms with Crippen LogP contribution in [0.25, 0.3) is 0 Å². The first-order valence-corrected chi connectivity index (χ1v) is 5.09. The SMILES string of the molecule is C=C(C)CN(CC)c1ncnc(N)c1Cl. The highest BCUT2D eigenvalue weighted by molar-refractivity contribution is 6.35. The summed E-state index contributed by atoms with van der Waals surface area (Å²) in [5.41, 5.74) is 6.66. The topological polar surface area (TPSA) is 55.0 Å². The maximum atomic E-state index is 6.03. The first-order chi connectivity index (χ1) is 7.06. The number of nitrogen functional groups attached to an aromatic ring is 1. The van der Waals surface area contributed by atoms with Gasteiger partial charge in [0.25, 0.3) is 0 Å². The average molecular weight is 227 g/mol.